The Hall–Kier alpha value is 0.523. The van der Waals surface area contributed by atoms with Crippen LogP contribution in [0.3, 0.4) is 0 Å². The summed E-state index contributed by atoms with van der Waals surface area (Å²) in [6, 6.07) is 0. The maximum Gasteiger partial charge on any atom is 3.00 e. The zero-order chi connectivity index (χ0) is 15.4. The van der Waals surface area contributed by atoms with Gasteiger partial charge >= 0.3 is 27.8 Å². The molecule has 2 nitrogen and oxygen atoms in total. The van der Waals surface area contributed by atoms with Crippen LogP contribution in [0, 0.1) is 19.3 Å². The standard InChI is InChI=1S/3C6H11.HO2P.Ru/c3*1-2-4-6-5-3-1;1-3-2;/h3*1H,2-6H2;3H;/q3*-1;;+3. The molecular formula is C18H34O2PRu. The van der Waals surface area contributed by atoms with Gasteiger partial charge in [-0.1, -0.05) is 57.8 Å². The first kappa shape index (κ1) is 24.8. The van der Waals surface area contributed by atoms with Crippen molar-refractivity contribution in [3.8, 4) is 0 Å². The van der Waals surface area contributed by atoms with Crippen molar-refractivity contribution in [2.75, 3.05) is 0 Å². The molecule has 0 amide bonds. The van der Waals surface area contributed by atoms with Crippen molar-refractivity contribution in [3.63, 3.8) is 0 Å². The van der Waals surface area contributed by atoms with E-state index < -0.39 is 8.34 Å². The SMILES string of the molecule is O=[PH]=O.[CH-]1CCCCC1.[CH-]1CCCCC1.[CH-]1CCCCC1.[Ru+3]. The summed E-state index contributed by atoms with van der Waals surface area (Å²) >= 11 is 0. The van der Waals surface area contributed by atoms with Gasteiger partial charge in [0.2, 0.25) is 0 Å². The first-order valence-electron chi connectivity index (χ1n) is 8.86. The second kappa shape index (κ2) is 23.8. The number of hydrogen-bond donors (Lipinski definition) is 0. The van der Waals surface area contributed by atoms with Gasteiger partial charge in [-0.3, -0.25) is 0 Å². The Morgan fingerprint density at radius 2 is 0.636 bits per heavy atom. The summed E-state index contributed by atoms with van der Waals surface area (Å²) in [6.45, 7) is 0. The molecule has 131 valence electrons. The quantitative estimate of drug-likeness (QED) is 0.248. The van der Waals surface area contributed by atoms with E-state index in [1.807, 2.05) is 0 Å². The first-order chi connectivity index (χ1) is 10.4. The van der Waals surface area contributed by atoms with Gasteiger partial charge in [-0.25, -0.2) is 9.13 Å². The molecule has 0 saturated heterocycles. The molecule has 0 aliphatic heterocycles. The Morgan fingerprint density at radius 3 is 0.682 bits per heavy atom. The third-order valence-corrected chi connectivity index (χ3v) is 3.95. The van der Waals surface area contributed by atoms with Crippen LogP contribution >= 0.6 is 8.34 Å². The summed E-state index contributed by atoms with van der Waals surface area (Å²) in [5, 5.41) is 0. The van der Waals surface area contributed by atoms with Crippen LogP contribution in [0.15, 0.2) is 0 Å². The summed E-state index contributed by atoms with van der Waals surface area (Å²) < 4.78 is 16.8. The van der Waals surface area contributed by atoms with Gasteiger partial charge in [-0.2, -0.15) is 38.5 Å². The first-order valence-corrected chi connectivity index (χ1v) is 9.67. The van der Waals surface area contributed by atoms with Gasteiger partial charge in [0.25, 0.3) is 0 Å². The molecular weight excluding hydrogens is 380 g/mol. The summed E-state index contributed by atoms with van der Waals surface area (Å²) in [7, 11) is -1.42. The molecule has 4 heteroatoms. The molecule has 3 rings (SSSR count). The van der Waals surface area contributed by atoms with Gasteiger partial charge in [-0.05, 0) is 0 Å². The maximum atomic E-state index is 8.40. The zero-order valence-corrected chi connectivity index (χ0v) is 16.7. The molecule has 22 heavy (non-hydrogen) atoms. The van der Waals surface area contributed by atoms with E-state index in [-0.39, 0.29) is 19.5 Å². The molecule has 3 fully saturated rings. The fourth-order valence-corrected chi connectivity index (χ4v) is 2.70. The van der Waals surface area contributed by atoms with Crippen molar-refractivity contribution < 1.29 is 28.6 Å². The third-order valence-electron chi connectivity index (χ3n) is 3.95. The molecule has 0 heterocycles. The molecule has 0 aromatic rings. The van der Waals surface area contributed by atoms with Crippen LogP contribution in [0.5, 0.6) is 0 Å². The minimum absolute atomic E-state index is 0. The van der Waals surface area contributed by atoms with Crippen LogP contribution in [0.25, 0.3) is 0 Å². The van der Waals surface area contributed by atoms with Crippen molar-refractivity contribution in [2.24, 2.45) is 0 Å². The van der Waals surface area contributed by atoms with Crippen molar-refractivity contribution in [1.29, 1.82) is 0 Å². The summed E-state index contributed by atoms with van der Waals surface area (Å²) in [5.41, 5.74) is 0. The topological polar surface area (TPSA) is 34.1 Å². The molecule has 3 aliphatic rings. The molecule has 0 aromatic heterocycles. The van der Waals surface area contributed by atoms with Gasteiger partial charge in [0.15, 0.2) is 0 Å². The van der Waals surface area contributed by atoms with E-state index in [0.29, 0.717) is 0 Å². The van der Waals surface area contributed by atoms with Crippen molar-refractivity contribution in [3.05, 3.63) is 19.3 Å². The van der Waals surface area contributed by atoms with E-state index >= 15 is 0 Å². The maximum absolute atomic E-state index is 8.40. The van der Waals surface area contributed by atoms with Crippen LogP contribution in [0.4, 0.5) is 0 Å². The van der Waals surface area contributed by atoms with Crippen LogP contribution in [-0.2, 0) is 28.6 Å². The average Bonchev–Trinajstić information content (AvgIpc) is 2.61. The molecule has 0 aromatic carbocycles. The van der Waals surface area contributed by atoms with Crippen molar-refractivity contribution >= 4 is 8.34 Å². The summed E-state index contributed by atoms with van der Waals surface area (Å²) in [6.07, 6.45) is 28.5. The second-order valence-electron chi connectivity index (χ2n) is 5.86. The van der Waals surface area contributed by atoms with E-state index in [2.05, 4.69) is 19.3 Å². The molecule has 3 saturated carbocycles. The van der Waals surface area contributed by atoms with Crippen molar-refractivity contribution in [2.45, 2.75) is 96.3 Å². The predicted octanol–water partition coefficient (Wildman–Crippen LogP) is 6.82. The Bertz CT molecular complexity index is 156. The number of hydrogen-bond acceptors (Lipinski definition) is 2. The van der Waals surface area contributed by atoms with Gasteiger partial charge in [-0.15, -0.1) is 0 Å². The smallest absolute Gasteiger partial charge is 0.328 e. The molecule has 0 unspecified atom stereocenters. The van der Waals surface area contributed by atoms with E-state index in [1.165, 1.54) is 96.3 Å². The minimum atomic E-state index is -1.42. The van der Waals surface area contributed by atoms with E-state index in [0.717, 1.165) is 0 Å². The third kappa shape index (κ3) is 22.8. The van der Waals surface area contributed by atoms with E-state index in [4.69, 9.17) is 9.13 Å². The van der Waals surface area contributed by atoms with E-state index in [9.17, 15) is 0 Å². The Kier molecular flexibility index (Phi) is 26.8. The second-order valence-corrected chi connectivity index (χ2v) is 6.03. The van der Waals surface area contributed by atoms with Gasteiger partial charge in [0.1, 0.15) is 0 Å². The Labute approximate surface area is 152 Å². The molecule has 0 spiro atoms. The predicted molar refractivity (Wildman–Crippen MR) is 91.8 cm³/mol. The van der Waals surface area contributed by atoms with Crippen LogP contribution in [0.1, 0.15) is 96.3 Å². The molecule has 3 aliphatic carbocycles. The molecule has 0 atom stereocenters. The van der Waals surface area contributed by atoms with Gasteiger partial charge in [0, 0.05) is 0 Å². The summed E-state index contributed by atoms with van der Waals surface area (Å²) in [5.74, 6) is 0. The van der Waals surface area contributed by atoms with Gasteiger partial charge in [0.05, 0.1) is 0 Å². The van der Waals surface area contributed by atoms with Gasteiger partial charge < -0.3 is 19.3 Å². The Morgan fingerprint density at radius 1 is 0.455 bits per heavy atom. The average molecular weight is 415 g/mol. The van der Waals surface area contributed by atoms with Crippen LogP contribution < -0.4 is 0 Å². The summed E-state index contributed by atoms with van der Waals surface area (Å²) in [4.78, 5) is 0. The molecule has 0 N–H and O–H groups in total. The number of rotatable bonds is 0. The fraction of sp³-hybridized carbons (Fsp3) is 0.833. The van der Waals surface area contributed by atoms with Crippen LogP contribution in [-0.4, -0.2) is 0 Å². The zero-order valence-electron chi connectivity index (χ0n) is 14.0. The monoisotopic (exact) mass is 415 g/mol. The van der Waals surface area contributed by atoms with Crippen molar-refractivity contribution in [1.82, 2.24) is 0 Å². The minimum Gasteiger partial charge on any atom is -0.328 e. The normalized spacial score (nSPS) is 20.2. The molecule has 0 bridgehead atoms. The molecule has 1 radical (unpaired) electrons. The van der Waals surface area contributed by atoms with E-state index in [1.54, 1.807) is 0 Å². The Balaban J connectivity index is 0. The largest absolute Gasteiger partial charge is 3.00 e. The van der Waals surface area contributed by atoms with Crippen LogP contribution in [0.2, 0.25) is 0 Å². The fourth-order valence-electron chi connectivity index (χ4n) is 2.70.